The van der Waals surface area contributed by atoms with Gasteiger partial charge in [-0.15, -0.1) is 24.8 Å². The average Bonchev–Trinajstić information content (AvgIpc) is 2.52. The molecule has 3 N–H and O–H groups in total. The number of piperidine rings is 1. The summed E-state index contributed by atoms with van der Waals surface area (Å²) in [6.07, 6.45) is 1.32. The lowest BCUT2D eigenvalue weighted by Crippen LogP contribution is -2.38. The number of hydrogen-bond donors (Lipinski definition) is 2. The fourth-order valence-electron chi connectivity index (χ4n) is 3.51. The molecular formula is C19H33Cl2N3O. The average molecular weight is 390 g/mol. The number of benzene rings is 1. The van der Waals surface area contributed by atoms with Crippen LogP contribution in [0.2, 0.25) is 0 Å². The highest BCUT2D eigenvalue weighted by molar-refractivity contribution is 5.85. The van der Waals surface area contributed by atoms with Crippen LogP contribution in [0.4, 0.5) is 0 Å². The second-order valence-electron chi connectivity index (χ2n) is 7.26. The maximum Gasteiger partial charge on any atom is 0.224 e. The Balaban J connectivity index is 0.00000288. The van der Waals surface area contributed by atoms with Crippen molar-refractivity contribution in [2.75, 3.05) is 19.6 Å². The van der Waals surface area contributed by atoms with Crippen LogP contribution in [0.5, 0.6) is 0 Å². The van der Waals surface area contributed by atoms with Crippen molar-refractivity contribution in [3.63, 3.8) is 0 Å². The molecule has 0 spiro atoms. The molecule has 1 heterocycles. The van der Waals surface area contributed by atoms with E-state index in [0.29, 0.717) is 13.1 Å². The highest BCUT2D eigenvalue weighted by atomic mass is 35.5. The first kappa shape index (κ1) is 24.2. The predicted molar refractivity (Wildman–Crippen MR) is 109 cm³/mol. The molecule has 2 rings (SSSR count). The van der Waals surface area contributed by atoms with E-state index in [1.54, 1.807) is 0 Å². The van der Waals surface area contributed by atoms with Gasteiger partial charge in [-0.2, -0.15) is 0 Å². The molecular weight excluding hydrogens is 357 g/mol. The van der Waals surface area contributed by atoms with Crippen LogP contribution in [0.3, 0.4) is 0 Å². The molecule has 1 aliphatic heterocycles. The van der Waals surface area contributed by atoms with Gasteiger partial charge in [-0.3, -0.25) is 9.69 Å². The van der Waals surface area contributed by atoms with Crippen LogP contribution >= 0.6 is 24.8 Å². The van der Waals surface area contributed by atoms with Gasteiger partial charge in [0.15, 0.2) is 0 Å². The lowest BCUT2D eigenvalue weighted by Gasteiger charge is -2.35. The molecule has 0 radical (unpaired) electrons. The monoisotopic (exact) mass is 389 g/mol. The summed E-state index contributed by atoms with van der Waals surface area (Å²) in [4.78, 5) is 14.5. The standard InChI is InChI=1S/C19H31N3O.2ClH/c1-14-8-15(2)12-22(11-14)13-18-7-5-4-6-17(18)10-21-19(23)16(3)9-20;;/h4-7,14-16H,8-13,20H2,1-3H3,(H,21,23);2*1H. The van der Waals surface area contributed by atoms with E-state index in [9.17, 15) is 4.79 Å². The molecule has 0 bridgehead atoms. The van der Waals surface area contributed by atoms with Gasteiger partial charge >= 0.3 is 0 Å². The molecule has 6 heteroatoms. The van der Waals surface area contributed by atoms with Gasteiger partial charge in [-0.1, -0.05) is 45.0 Å². The first-order chi connectivity index (χ1) is 11.0. The van der Waals surface area contributed by atoms with Crippen molar-refractivity contribution in [3.8, 4) is 0 Å². The minimum absolute atomic E-state index is 0. The smallest absolute Gasteiger partial charge is 0.224 e. The molecule has 1 fully saturated rings. The second-order valence-corrected chi connectivity index (χ2v) is 7.26. The number of nitrogens with two attached hydrogens (primary N) is 1. The Morgan fingerprint density at radius 2 is 1.76 bits per heavy atom. The van der Waals surface area contributed by atoms with Crippen molar-refractivity contribution in [2.24, 2.45) is 23.5 Å². The third-order valence-corrected chi connectivity index (χ3v) is 4.71. The van der Waals surface area contributed by atoms with Gasteiger partial charge in [0.1, 0.15) is 0 Å². The number of halogens is 2. The maximum atomic E-state index is 11.9. The first-order valence-corrected chi connectivity index (χ1v) is 8.76. The van der Waals surface area contributed by atoms with Crippen LogP contribution in [0.25, 0.3) is 0 Å². The van der Waals surface area contributed by atoms with Crippen molar-refractivity contribution < 1.29 is 4.79 Å². The Hall–Kier alpha value is -0.810. The number of nitrogens with zero attached hydrogens (tertiary/aromatic N) is 1. The number of carbonyl (C=O) groups excluding carboxylic acids is 1. The van der Waals surface area contributed by atoms with Gasteiger partial charge in [0.2, 0.25) is 5.91 Å². The van der Waals surface area contributed by atoms with Gasteiger partial charge in [-0.25, -0.2) is 0 Å². The Kier molecular flexibility index (Phi) is 11.4. The minimum Gasteiger partial charge on any atom is -0.352 e. The highest BCUT2D eigenvalue weighted by Gasteiger charge is 2.22. The summed E-state index contributed by atoms with van der Waals surface area (Å²) in [6.45, 7) is 10.8. The van der Waals surface area contributed by atoms with E-state index >= 15 is 0 Å². The zero-order valence-electron chi connectivity index (χ0n) is 15.5. The SMILES string of the molecule is CC1CC(C)CN(Cc2ccccc2CNC(=O)C(C)CN)C1.Cl.Cl. The second kappa shape index (κ2) is 11.7. The minimum atomic E-state index is -0.133. The summed E-state index contributed by atoms with van der Waals surface area (Å²) in [5.41, 5.74) is 8.07. The van der Waals surface area contributed by atoms with E-state index < -0.39 is 0 Å². The largest absolute Gasteiger partial charge is 0.352 e. The molecule has 25 heavy (non-hydrogen) atoms. The molecule has 1 saturated heterocycles. The van der Waals surface area contributed by atoms with Crippen molar-refractivity contribution in [1.29, 1.82) is 0 Å². The van der Waals surface area contributed by atoms with Crippen LogP contribution in [0.15, 0.2) is 24.3 Å². The van der Waals surface area contributed by atoms with Gasteiger partial charge in [0.25, 0.3) is 0 Å². The molecule has 3 unspecified atom stereocenters. The fraction of sp³-hybridized carbons (Fsp3) is 0.632. The molecule has 0 saturated carbocycles. The number of nitrogens with one attached hydrogen (secondary N) is 1. The molecule has 1 aliphatic rings. The molecule has 0 aliphatic carbocycles. The van der Waals surface area contributed by atoms with E-state index in [1.807, 2.05) is 13.0 Å². The topological polar surface area (TPSA) is 58.4 Å². The number of carbonyl (C=O) groups is 1. The number of rotatable bonds is 6. The number of hydrogen-bond acceptors (Lipinski definition) is 3. The van der Waals surface area contributed by atoms with Crippen LogP contribution in [0, 0.1) is 17.8 Å². The fourth-order valence-corrected chi connectivity index (χ4v) is 3.51. The summed E-state index contributed by atoms with van der Waals surface area (Å²) in [7, 11) is 0. The number of likely N-dealkylation sites (tertiary alicyclic amines) is 1. The van der Waals surface area contributed by atoms with Crippen LogP contribution in [-0.4, -0.2) is 30.4 Å². The zero-order valence-corrected chi connectivity index (χ0v) is 17.2. The van der Waals surface area contributed by atoms with Crippen LogP contribution in [0.1, 0.15) is 38.3 Å². The third kappa shape index (κ3) is 7.53. The third-order valence-electron chi connectivity index (χ3n) is 4.71. The van der Waals surface area contributed by atoms with Crippen molar-refractivity contribution >= 4 is 30.7 Å². The summed E-state index contributed by atoms with van der Waals surface area (Å²) in [5.74, 6) is 1.42. The van der Waals surface area contributed by atoms with Crippen LogP contribution < -0.4 is 11.1 Å². The van der Waals surface area contributed by atoms with Crippen molar-refractivity contribution in [3.05, 3.63) is 35.4 Å². The van der Waals surface area contributed by atoms with Gasteiger partial charge in [0, 0.05) is 38.6 Å². The number of amides is 1. The Bertz CT molecular complexity index is 517. The molecule has 3 atom stereocenters. The van der Waals surface area contributed by atoms with E-state index in [4.69, 9.17) is 5.73 Å². The molecule has 1 amide bonds. The van der Waals surface area contributed by atoms with Crippen molar-refractivity contribution in [2.45, 2.75) is 40.3 Å². The van der Waals surface area contributed by atoms with E-state index in [2.05, 4.69) is 42.3 Å². The summed E-state index contributed by atoms with van der Waals surface area (Å²) in [6, 6.07) is 8.41. The Labute approximate surface area is 164 Å². The first-order valence-electron chi connectivity index (χ1n) is 8.76. The molecule has 1 aromatic carbocycles. The quantitative estimate of drug-likeness (QED) is 0.784. The maximum absolute atomic E-state index is 11.9. The normalized spacial score (nSPS) is 21.6. The van der Waals surface area contributed by atoms with Gasteiger partial charge < -0.3 is 11.1 Å². The summed E-state index contributed by atoms with van der Waals surface area (Å²) >= 11 is 0. The van der Waals surface area contributed by atoms with Gasteiger partial charge in [-0.05, 0) is 29.4 Å². The lowest BCUT2D eigenvalue weighted by atomic mass is 9.91. The lowest BCUT2D eigenvalue weighted by molar-refractivity contribution is -0.124. The van der Waals surface area contributed by atoms with Gasteiger partial charge in [0.05, 0.1) is 0 Å². The zero-order chi connectivity index (χ0) is 16.8. The van der Waals surface area contributed by atoms with E-state index in [1.165, 1.54) is 17.5 Å². The van der Waals surface area contributed by atoms with E-state index in [-0.39, 0.29) is 36.6 Å². The molecule has 144 valence electrons. The predicted octanol–water partition coefficient (Wildman–Crippen LogP) is 3.22. The van der Waals surface area contributed by atoms with Crippen LogP contribution in [-0.2, 0) is 17.9 Å². The molecule has 0 aromatic heterocycles. The van der Waals surface area contributed by atoms with Crippen molar-refractivity contribution in [1.82, 2.24) is 10.2 Å². The highest BCUT2D eigenvalue weighted by Crippen LogP contribution is 2.23. The Morgan fingerprint density at radius 3 is 2.32 bits per heavy atom. The summed E-state index contributed by atoms with van der Waals surface area (Å²) in [5, 5.41) is 3.01. The molecule has 4 nitrogen and oxygen atoms in total. The molecule has 1 aromatic rings. The summed E-state index contributed by atoms with van der Waals surface area (Å²) < 4.78 is 0. The Morgan fingerprint density at radius 1 is 1.20 bits per heavy atom. The van der Waals surface area contributed by atoms with E-state index in [0.717, 1.165) is 31.5 Å².